The third kappa shape index (κ3) is 5.54. The number of carbonyl (C=O) groups is 1. The fourth-order valence-corrected chi connectivity index (χ4v) is 3.06. The van der Waals surface area contributed by atoms with Gasteiger partial charge in [-0.3, -0.25) is 4.79 Å². The van der Waals surface area contributed by atoms with E-state index in [1.165, 1.54) is 0 Å². The minimum absolute atomic E-state index is 0.143. The highest BCUT2D eigenvalue weighted by Gasteiger charge is 2.48. The molecule has 124 valence electrons. The van der Waals surface area contributed by atoms with E-state index >= 15 is 0 Å². The van der Waals surface area contributed by atoms with Crippen LogP contribution in [0.25, 0.3) is 0 Å². The second-order valence-electron chi connectivity index (χ2n) is 5.40. The SMILES string of the molecule is CCNC1(C(=O)O)CCCC1CCOCCOCCOC. The molecular weight excluding hydrogens is 274 g/mol. The smallest absolute Gasteiger partial charge is 0.324 e. The number of aliphatic carboxylic acids is 1. The van der Waals surface area contributed by atoms with E-state index in [2.05, 4.69) is 5.32 Å². The van der Waals surface area contributed by atoms with Crippen molar-refractivity contribution in [3.05, 3.63) is 0 Å². The number of hydrogen-bond acceptors (Lipinski definition) is 5. The lowest BCUT2D eigenvalue weighted by molar-refractivity contribution is -0.147. The predicted molar refractivity (Wildman–Crippen MR) is 79.5 cm³/mol. The molecule has 1 aliphatic carbocycles. The highest BCUT2D eigenvalue weighted by atomic mass is 16.5. The van der Waals surface area contributed by atoms with E-state index in [4.69, 9.17) is 14.2 Å². The molecular formula is C15H29NO5. The lowest BCUT2D eigenvalue weighted by Gasteiger charge is -2.32. The average molecular weight is 303 g/mol. The molecule has 0 saturated heterocycles. The Morgan fingerprint density at radius 3 is 2.52 bits per heavy atom. The average Bonchev–Trinajstić information content (AvgIpc) is 2.86. The lowest BCUT2D eigenvalue weighted by Crippen LogP contribution is -2.54. The molecule has 0 aliphatic heterocycles. The number of rotatable bonds is 12. The minimum Gasteiger partial charge on any atom is -0.480 e. The second-order valence-corrected chi connectivity index (χ2v) is 5.40. The van der Waals surface area contributed by atoms with E-state index in [1.807, 2.05) is 6.92 Å². The fourth-order valence-electron chi connectivity index (χ4n) is 3.06. The zero-order valence-electron chi connectivity index (χ0n) is 13.2. The van der Waals surface area contributed by atoms with Crippen molar-refractivity contribution in [1.29, 1.82) is 0 Å². The number of methoxy groups -OCH3 is 1. The Kier molecular flexibility index (Phi) is 8.84. The molecule has 2 unspecified atom stereocenters. The van der Waals surface area contributed by atoms with Gasteiger partial charge in [0.25, 0.3) is 0 Å². The first kappa shape index (κ1) is 18.4. The van der Waals surface area contributed by atoms with Crippen molar-refractivity contribution in [3.63, 3.8) is 0 Å². The number of carboxylic acid groups (broad SMARTS) is 1. The first-order chi connectivity index (χ1) is 10.2. The van der Waals surface area contributed by atoms with E-state index in [9.17, 15) is 9.90 Å². The molecule has 21 heavy (non-hydrogen) atoms. The van der Waals surface area contributed by atoms with Crippen LogP contribution in [0, 0.1) is 5.92 Å². The van der Waals surface area contributed by atoms with Crippen LogP contribution in [0.3, 0.4) is 0 Å². The van der Waals surface area contributed by atoms with Gasteiger partial charge in [-0.15, -0.1) is 0 Å². The maximum Gasteiger partial charge on any atom is 0.324 e. The summed E-state index contributed by atoms with van der Waals surface area (Å²) in [6, 6.07) is 0. The van der Waals surface area contributed by atoms with Crippen LogP contribution in [0.15, 0.2) is 0 Å². The maximum atomic E-state index is 11.6. The topological polar surface area (TPSA) is 77.0 Å². The molecule has 6 heteroatoms. The first-order valence-electron chi connectivity index (χ1n) is 7.80. The summed E-state index contributed by atoms with van der Waals surface area (Å²) in [5.41, 5.74) is -0.757. The highest BCUT2D eigenvalue weighted by Crippen LogP contribution is 2.38. The van der Waals surface area contributed by atoms with Gasteiger partial charge in [0.2, 0.25) is 0 Å². The number of nitrogens with one attached hydrogen (secondary N) is 1. The summed E-state index contributed by atoms with van der Waals surface area (Å²) in [6.07, 6.45) is 3.40. The summed E-state index contributed by atoms with van der Waals surface area (Å²) in [4.78, 5) is 11.6. The molecule has 1 aliphatic rings. The van der Waals surface area contributed by atoms with Gasteiger partial charge in [-0.2, -0.15) is 0 Å². The van der Waals surface area contributed by atoms with Gasteiger partial charge < -0.3 is 24.6 Å². The van der Waals surface area contributed by atoms with Crippen molar-refractivity contribution in [1.82, 2.24) is 5.32 Å². The largest absolute Gasteiger partial charge is 0.480 e. The van der Waals surface area contributed by atoms with Crippen LogP contribution in [0.5, 0.6) is 0 Å². The predicted octanol–water partition coefficient (Wildman–Crippen LogP) is 1.29. The third-order valence-corrected chi connectivity index (χ3v) is 4.11. The van der Waals surface area contributed by atoms with Crippen LogP contribution in [-0.4, -0.2) is 63.3 Å². The van der Waals surface area contributed by atoms with E-state index in [1.54, 1.807) is 7.11 Å². The van der Waals surface area contributed by atoms with Crippen molar-refractivity contribution in [3.8, 4) is 0 Å². The molecule has 2 N–H and O–H groups in total. The summed E-state index contributed by atoms with van der Waals surface area (Å²) in [7, 11) is 1.64. The van der Waals surface area contributed by atoms with Crippen LogP contribution in [0.2, 0.25) is 0 Å². The summed E-state index contributed by atoms with van der Waals surface area (Å²) in [6.45, 7) is 5.46. The monoisotopic (exact) mass is 303 g/mol. The fraction of sp³-hybridized carbons (Fsp3) is 0.933. The molecule has 0 spiro atoms. The Morgan fingerprint density at radius 1 is 1.24 bits per heavy atom. The zero-order chi connectivity index (χ0) is 15.6. The Labute approximate surface area is 127 Å². The highest BCUT2D eigenvalue weighted by molar-refractivity contribution is 5.79. The zero-order valence-corrected chi connectivity index (χ0v) is 13.2. The van der Waals surface area contributed by atoms with E-state index < -0.39 is 11.5 Å². The molecule has 0 radical (unpaired) electrons. The molecule has 6 nitrogen and oxygen atoms in total. The molecule has 0 amide bonds. The summed E-state index contributed by atoms with van der Waals surface area (Å²) in [5, 5.41) is 12.7. The number of hydrogen-bond donors (Lipinski definition) is 2. The third-order valence-electron chi connectivity index (χ3n) is 4.11. The lowest BCUT2D eigenvalue weighted by atomic mass is 9.84. The molecule has 0 aromatic rings. The van der Waals surface area contributed by atoms with Crippen molar-refractivity contribution in [2.45, 2.75) is 38.1 Å². The van der Waals surface area contributed by atoms with Gasteiger partial charge in [-0.25, -0.2) is 0 Å². The minimum atomic E-state index is -0.757. The summed E-state index contributed by atoms with van der Waals surface area (Å²) < 4.78 is 15.7. The molecule has 1 rings (SSSR count). The summed E-state index contributed by atoms with van der Waals surface area (Å²) in [5.74, 6) is -0.584. The van der Waals surface area contributed by atoms with E-state index in [-0.39, 0.29) is 5.92 Å². The quantitative estimate of drug-likeness (QED) is 0.529. The van der Waals surface area contributed by atoms with Crippen LogP contribution >= 0.6 is 0 Å². The standard InChI is InChI=1S/C15H29NO5/c1-3-16-15(14(17)18)7-4-5-13(15)6-8-20-11-12-21-10-9-19-2/h13,16H,3-12H2,1-2H3,(H,17,18). The van der Waals surface area contributed by atoms with Gasteiger partial charge in [-0.1, -0.05) is 13.3 Å². The number of likely N-dealkylation sites (N-methyl/N-ethyl adjacent to an activating group) is 1. The number of carboxylic acids is 1. The van der Waals surface area contributed by atoms with E-state index in [0.717, 1.165) is 19.3 Å². The first-order valence-corrected chi connectivity index (χ1v) is 7.80. The van der Waals surface area contributed by atoms with Gasteiger partial charge in [0.1, 0.15) is 5.54 Å². The molecule has 0 aromatic carbocycles. The van der Waals surface area contributed by atoms with Crippen LogP contribution < -0.4 is 5.32 Å². The second kappa shape index (κ2) is 10.1. The Hall–Kier alpha value is -0.690. The van der Waals surface area contributed by atoms with Gasteiger partial charge in [0, 0.05) is 13.7 Å². The van der Waals surface area contributed by atoms with Crippen LogP contribution in [0.1, 0.15) is 32.6 Å². The van der Waals surface area contributed by atoms with Gasteiger partial charge >= 0.3 is 5.97 Å². The Bertz CT molecular complexity index is 300. The van der Waals surface area contributed by atoms with Crippen LogP contribution in [-0.2, 0) is 19.0 Å². The van der Waals surface area contributed by atoms with Crippen molar-refractivity contribution in [2.24, 2.45) is 5.92 Å². The molecule has 1 fully saturated rings. The van der Waals surface area contributed by atoms with Gasteiger partial charge in [-0.05, 0) is 31.7 Å². The van der Waals surface area contributed by atoms with E-state index in [0.29, 0.717) is 46.0 Å². The molecule has 2 atom stereocenters. The molecule has 0 heterocycles. The normalized spacial score (nSPS) is 25.3. The molecule has 0 bridgehead atoms. The number of ether oxygens (including phenoxy) is 3. The van der Waals surface area contributed by atoms with Crippen LogP contribution in [0.4, 0.5) is 0 Å². The Morgan fingerprint density at radius 2 is 1.90 bits per heavy atom. The van der Waals surface area contributed by atoms with Crippen molar-refractivity contribution < 1.29 is 24.1 Å². The van der Waals surface area contributed by atoms with Crippen molar-refractivity contribution in [2.75, 3.05) is 46.7 Å². The molecule has 1 saturated carbocycles. The molecule has 0 aromatic heterocycles. The summed E-state index contributed by atoms with van der Waals surface area (Å²) >= 11 is 0. The van der Waals surface area contributed by atoms with Gasteiger partial charge in [0.15, 0.2) is 0 Å². The van der Waals surface area contributed by atoms with Crippen molar-refractivity contribution >= 4 is 5.97 Å². The Balaban J connectivity index is 2.22. The van der Waals surface area contributed by atoms with Gasteiger partial charge in [0.05, 0.1) is 26.4 Å². The maximum absolute atomic E-state index is 11.6.